The SMILES string of the molecule is CC(C)c1cc(C(C)C)c2c(n1)CN(C(=O)OC(C)(C)C)C2. The van der Waals surface area contributed by atoms with Crippen molar-refractivity contribution in [3.63, 3.8) is 0 Å². The summed E-state index contributed by atoms with van der Waals surface area (Å²) in [6.07, 6.45) is -0.258. The van der Waals surface area contributed by atoms with Crippen LogP contribution in [0, 0.1) is 0 Å². The zero-order valence-electron chi connectivity index (χ0n) is 14.9. The fourth-order valence-corrected chi connectivity index (χ4v) is 2.68. The molecule has 0 bridgehead atoms. The van der Waals surface area contributed by atoms with E-state index in [9.17, 15) is 4.79 Å². The van der Waals surface area contributed by atoms with E-state index in [2.05, 4.69) is 33.8 Å². The molecule has 0 saturated heterocycles. The van der Waals surface area contributed by atoms with Gasteiger partial charge in [0, 0.05) is 5.69 Å². The van der Waals surface area contributed by atoms with Gasteiger partial charge in [0.05, 0.1) is 18.8 Å². The molecule has 2 heterocycles. The minimum atomic E-state index is -0.469. The number of hydrogen-bond acceptors (Lipinski definition) is 3. The Morgan fingerprint density at radius 2 is 1.82 bits per heavy atom. The van der Waals surface area contributed by atoms with Gasteiger partial charge in [-0.3, -0.25) is 9.88 Å². The lowest BCUT2D eigenvalue weighted by Gasteiger charge is -2.24. The monoisotopic (exact) mass is 304 g/mol. The molecule has 0 saturated carbocycles. The van der Waals surface area contributed by atoms with Crippen molar-refractivity contribution in [2.45, 2.75) is 79.0 Å². The van der Waals surface area contributed by atoms with E-state index in [0.717, 1.165) is 11.4 Å². The van der Waals surface area contributed by atoms with Crippen molar-refractivity contribution in [3.05, 3.63) is 28.6 Å². The summed E-state index contributed by atoms with van der Waals surface area (Å²) in [7, 11) is 0. The summed E-state index contributed by atoms with van der Waals surface area (Å²) >= 11 is 0. The molecule has 4 heteroatoms. The maximum Gasteiger partial charge on any atom is 0.410 e. The Kier molecular flexibility index (Phi) is 4.50. The van der Waals surface area contributed by atoms with Gasteiger partial charge in [0.1, 0.15) is 5.60 Å². The van der Waals surface area contributed by atoms with Crippen LogP contribution in [0.4, 0.5) is 4.79 Å². The minimum absolute atomic E-state index is 0.258. The Morgan fingerprint density at radius 1 is 1.18 bits per heavy atom. The first kappa shape index (κ1) is 16.8. The molecule has 4 nitrogen and oxygen atoms in total. The third-order valence-electron chi connectivity index (χ3n) is 3.82. The molecule has 122 valence electrons. The molecule has 22 heavy (non-hydrogen) atoms. The van der Waals surface area contributed by atoms with Crippen LogP contribution < -0.4 is 0 Å². The first-order chi connectivity index (χ1) is 10.1. The second-order valence-electron chi connectivity index (χ2n) is 7.71. The lowest BCUT2D eigenvalue weighted by molar-refractivity contribution is 0.0240. The predicted molar refractivity (Wildman–Crippen MR) is 87.9 cm³/mol. The number of pyridine rings is 1. The molecule has 0 N–H and O–H groups in total. The third-order valence-corrected chi connectivity index (χ3v) is 3.82. The summed E-state index contributed by atoms with van der Waals surface area (Å²) in [6, 6.07) is 2.20. The summed E-state index contributed by atoms with van der Waals surface area (Å²) in [4.78, 5) is 18.8. The van der Waals surface area contributed by atoms with Crippen LogP contribution in [-0.4, -0.2) is 21.6 Å². The van der Waals surface area contributed by atoms with Crippen LogP contribution in [-0.2, 0) is 17.8 Å². The zero-order chi connectivity index (χ0) is 16.7. The highest BCUT2D eigenvalue weighted by Crippen LogP contribution is 2.32. The molecule has 0 radical (unpaired) electrons. The van der Waals surface area contributed by atoms with Gasteiger partial charge in [-0.25, -0.2) is 4.79 Å². The summed E-state index contributed by atoms with van der Waals surface area (Å²) < 4.78 is 5.49. The van der Waals surface area contributed by atoms with Gasteiger partial charge in [-0.1, -0.05) is 27.7 Å². The zero-order valence-corrected chi connectivity index (χ0v) is 14.9. The molecule has 1 aromatic heterocycles. The average molecular weight is 304 g/mol. The fraction of sp³-hybridized carbons (Fsp3) is 0.667. The van der Waals surface area contributed by atoms with Crippen LogP contribution >= 0.6 is 0 Å². The lowest BCUT2D eigenvalue weighted by Crippen LogP contribution is -2.33. The van der Waals surface area contributed by atoms with Crippen molar-refractivity contribution >= 4 is 6.09 Å². The Balaban J connectivity index is 2.29. The highest BCUT2D eigenvalue weighted by atomic mass is 16.6. The van der Waals surface area contributed by atoms with Gasteiger partial charge in [0.15, 0.2) is 0 Å². The Bertz CT molecular complexity index is 571. The van der Waals surface area contributed by atoms with Gasteiger partial charge >= 0.3 is 6.09 Å². The number of ether oxygens (including phenoxy) is 1. The molecule has 0 aromatic carbocycles. The van der Waals surface area contributed by atoms with Gasteiger partial charge in [-0.15, -0.1) is 0 Å². The molecule has 1 aliphatic heterocycles. The van der Waals surface area contributed by atoms with E-state index in [1.54, 1.807) is 4.90 Å². The third kappa shape index (κ3) is 3.60. The van der Waals surface area contributed by atoms with Gasteiger partial charge < -0.3 is 4.74 Å². The van der Waals surface area contributed by atoms with Crippen molar-refractivity contribution in [2.75, 3.05) is 0 Å². The highest BCUT2D eigenvalue weighted by molar-refractivity contribution is 5.69. The maximum atomic E-state index is 12.3. The molecule has 0 fully saturated rings. The maximum absolute atomic E-state index is 12.3. The summed E-state index contributed by atoms with van der Waals surface area (Å²) in [5.41, 5.74) is 4.17. The van der Waals surface area contributed by atoms with Crippen LogP contribution in [0.1, 0.15) is 82.8 Å². The van der Waals surface area contributed by atoms with E-state index in [1.807, 2.05) is 20.8 Å². The molecule has 1 amide bonds. The van der Waals surface area contributed by atoms with Crippen LogP contribution in [0.5, 0.6) is 0 Å². The van der Waals surface area contributed by atoms with E-state index in [4.69, 9.17) is 9.72 Å². The number of carbonyl (C=O) groups excluding carboxylic acids is 1. The lowest BCUT2D eigenvalue weighted by atomic mass is 9.94. The van der Waals surface area contributed by atoms with Crippen molar-refractivity contribution in [1.29, 1.82) is 0 Å². The number of fused-ring (bicyclic) bond motifs is 1. The molecule has 1 aromatic rings. The van der Waals surface area contributed by atoms with Crippen LogP contribution in [0.2, 0.25) is 0 Å². The van der Waals surface area contributed by atoms with E-state index in [-0.39, 0.29) is 6.09 Å². The Labute approximate surface area is 133 Å². The summed E-state index contributed by atoms with van der Waals surface area (Å²) in [6.45, 7) is 15.5. The van der Waals surface area contributed by atoms with Crippen molar-refractivity contribution in [1.82, 2.24) is 9.88 Å². The minimum Gasteiger partial charge on any atom is -0.444 e. The Hall–Kier alpha value is -1.58. The average Bonchev–Trinajstić information content (AvgIpc) is 2.78. The first-order valence-corrected chi connectivity index (χ1v) is 8.09. The smallest absolute Gasteiger partial charge is 0.410 e. The standard InChI is InChI=1S/C18H28N2O2/c1-11(2)13-8-15(12(3)4)19-16-10-20(9-14(13)16)17(21)22-18(5,6)7/h8,11-12H,9-10H2,1-7H3. The van der Waals surface area contributed by atoms with Crippen LogP contribution in [0.3, 0.4) is 0 Å². The van der Waals surface area contributed by atoms with Crippen LogP contribution in [0.25, 0.3) is 0 Å². The quantitative estimate of drug-likeness (QED) is 0.803. The fourth-order valence-electron chi connectivity index (χ4n) is 2.68. The van der Waals surface area contributed by atoms with Gasteiger partial charge in [0.2, 0.25) is 0 Å². The number of carbonyl (C=O) groups is 1. The number of nitrogens with zero attached hydrogens (tertiary/aromatic N) is 2. The molecular weight excluding hydrogens is 276 g/mol. The van der Waals surface area contributed by atoms with Crippen LogP contribution in [0.15, 0.2) is 6.07 Å². The molecule has 1 aliphatic rings. The topological polar surface area (TPSA) is 42.4 Å². The largest absolute Gasteiger partial charge is 0.444 e. The predicted octanol–water partition coefficient (Wildman–Crippen LogP) is 4.58. The second-order valence-corrected chi connectivity index (χ2v) is 7.71. The number of rotatable bonds is 2. The van der Waals surface area contributed by atoms with E-state index >= 15 is 0 Å². The first-order valence-electron chi connectivity index (χ1n) is 8.09. The molecule has 0 spiro atoms. The van der Waals surface area contributed by atoms with Gasteiger partial charge in [0.25, 0.3) is 0 Å². The van der Waals surface area contributed by atoms with E-state index in [0.29, 0.717) is 24.9 Å². The molecule has 0 unspecified atom stereocenters. The normalized spacial score (nSPS) is 14.7. The summed E-state index contributed by atoms with van der Waals surface area (Å²) in [5.74, 6) is 0.811. The molecular formula is C18H28N2O2. The molecule has 0 aliphatic carbocycles. The van der Waals surface area contributed by atoms with Crippen molar-refractivity contribution in [3.8, 4) is 0 Å². The van der Waals surface area contributed by atoms with Crippen molar-refractivity contribution < 1.29 is 9.53 Å². The van der Waals surface area contributed by atoms with E-state index < -0.39 is 5.60 Å². The molecule has 2 rings (SSSR count). The second kappa shape index (κ2) is 5.90. The van der Waals surface area contributed by atoms with E-state index in [1.165, 1.54) is 11.1 Å². The van der Waals surface area contributed by atoms with Gasteiger partial charge in [-0.2, -0.15) is 0 Å². The number of aromatic nitrogens is 1. The van der Waals surface area contributed by atoms with Crippen molar-refractivity contribution in [2.24, 2.45) is 0 Å². The molecule has 0 atom stereocenters. The number of hydrogen-bond donors (Lipinski definition) is 0. The van der Waals surface area contributed by atoms with Gasteiger partial charge in [-0.05, 0) is 49.8 Å². The summed E-state index contributed by atoms with van der Waals surface area (Å²) in [5, 5.41) is 0. The number of amides is 1. The Morgan fingerprint density at radius 3 is 2.32 bits per heavy atom. The highest BCUT2D eigenvalue weighted by Gasteiger charge is 2.31.